The van der Waals surface area contributed by atoms with Gasteiger partial charge in [0.25, 0.3) is 0 Å². The minimum absolute atomic E-state index is 0.0691. The molecule has 2 aromatic carbocycles. The molecule has 1 aliphatic rings. The standard InChI is InChI=1S/C25H25NO4S/c1-14-5-6-15(2)18(11-14)21-13-31-24(22(21)25(28)30-4)26-23(27)20-12-19(20)16-7-9-17(29-3)10-8-16/h5-11,13,19-20H,12H2,1-4H3,(H,26,27). The number of benzene rings is 2. The zero-order valence-electron chi connectivity index (χ0n) is 18.0. The molecule has 3 aromatic rings. The average Bonchev–Trinajstić information content (AvgIpc) is 3.49. The van der Waals surface area contributed by atoms with Crippen LogP contribution < -0.4 is 10.1 Å². The molecule has 31 heavy (non-hydrogen) atoms. The van der Waals surface area contributed by atoms with E-state index in [9.17, 15) is 9.59 Å². The number of rotatable bonds is 6. The van der Waals surface area contributed by atoms with E-state index in [4.69, 9.17) is 9.47 Å². The number of carbonyl (C=O) groups excluding carboxylic acids is 2. The van der Waals surface area contributed by atoms with Crippen LogP contribution in [0.25, 0.3) is 11.1 Å². The topological polar surface area (TPSA) is 64.6 Å². The number of thiophene rings is 1. The average molecular weight is 436 g/mol. The number of aryl methyl sites for hydroxylation is 2. The van der Waals surface area contributed by atoms with Crippen molar-refractivity contribution in [3.05, 3.63) is 70.1 Å². The zero-order valence-corrected chi connectivity index (χ0v) is 18.8. The second kappa shape index (κ2) is 8.55. The lowest BCUT2D eigenvalue weighted by Crippen LogP contribution is -2.16. The van der Waals surface area contributed by atoms with Crippen LogP contribution in [0.3, 0.4) is 0 Å². The molecule has 4 rings (SSSR count). The molecule has 0 bridgehead atoms. The summed E-state index contributed by atoms with van der Waals surface area (Å²) in [5.74, 6) is 0.358. The van der Waals surface area contributed by atoms with Crippen LogP contribution in [0.2, 0.25) is 0 Å². The predicted octanol–water partition coefficient (Wildman–Crippen LogP) is 5.57. The van der Waals surface area contributed by atoms with Crippen LogP contribution in [0, 0.1) is 19.8 Å². The largest absolute Gasteiger partial charge is 0.497 e. The Hall–Kier alpha value is -3.12. The van der Waals surface area contributed by atoms with E-state index in [-0.39, 0.29) is 17.7 Å². The highest BCUT2D eigenvalue weighted by Crippen LogP contribution is 2.49. The first-order valence-corrected chi connectivity index (χ1v) is 11.0. The smallest absolute Gasteiger partial charge is 0.341 e. The van der Waals surface area contributed by atoms with E-state index in [1.165, 1.54) is 18.4 Å². The molecule has 0 aliphatic heterocycles. The molecule has 0 spiro atoms. The van der Waals surface area contributed by atoms with Gasteiger partial charge in [0.05, 0.1) is 14.2 Å². The highest BCUT2D eigenvalue weighted by atomic mass is 32.1. The molecule has 160 valence electrons. The zero-order chi connectivity index (χ0) is 22.1. The van der Waals surface area contributed by atoms with E-state index in [2.05, 4.69) is 11.4 Å². The number of hydrogen-bond donors (Lipinski definition) is 1. The van der Waals surface area contributed by atoms with Crippen molar-refractivity contribution in [2.24, 2.45) is 5.92 Å². The molecular weight excluding hydrogens is 410 g/mol. The number of amides is 1. The number of ether oxygens (including phenoxy) is 2. The van der Waals surface area contributed by atoms with Crippen molar-refractivity contribution < 1.29 is 19.1 Å². The lowest BCUT2D eigenvalue weighted by atomic mass is 9.97. The normalized spacial score (nSPS) is 17.2. The number of carbonyl (C=O) groups is 2. The lowest BCUT2D eigenvalue weighted by molar-refractivity contribution is -0.117. The van der Waals surface area contributed by atoms with Crippen molar-refractivity contribution in [1.29, 1.82) is 0 Å². The third kappa shape index (κ3) is 4.21. The summed E-state index contributed by atoms with van der Waals surface area (Å²) in [6, 6.07) is 13.9. The first-order chi connectivity index (χ1) is 14.9. The Morgan fingerprint density at radius 1 is 1.03 bits per heavy atom. The Balaban J connectivity index is 1.57. The van der Waals surface area contributed by atoms with Gasteiger partial charge in [-0.3, -0.25) is 4.79 Å². The molecule has 1 saturated carbocycles. The summed E-state index contributed by atoms with van der Waals surface area (Å²) >= 11 is 1.36. The van der Waals surface area contributed by atoms with Gasteiger partial charge in [-0.05, 0) is 55.0 Å². The maximum Gasteiger partial charge on any atom is 0.341 e. The van der Waals surface area contributed by atoms with E-state index < -0.39 is 5.97 Å². The lowest BCUT2D eigenvalue weighted by Gasteiger charge is -2.10. The van der Waals surface area contributed by atoms with E-state index in [1.54, 1.807) is 7.11 Å². The molecule has 2 atom stereocenters. The van der Waals surface area contributed by atoms with Gasteiger partial charge in [-0.15, -0.1) is 11.3 Å². The van der Waals surface area contributed by atoms with Crippen molar-refractivity contribution in [3.8, 4) is 16.9 Å². The summed E-state index contributed by atoms with van der Waals surface area (Å²) in [6.07, 6.45) is 0.793. The number of esters is 1. The highest BCUT2D eigenvalue weighted by Gasteiger charge is 2.44. The molecule has 1 aliphatic carbocycles. The van der Waals surface area contributed by atoms with Gasteiger partial charge in [-0.25, -0.2) is 4.79 Å². The third-order valence-corrected chi connectivity index (χ3v) is 6.67. The molecule has 2 unspecified atom stereocenters. The number of methoxy groups -OCH3 is 2. The molecule has 1 aromatic heterocycles. The van der Waals surface area contributed by atoms with Gasteiger partial charge in [-0.2, -0.15) is 0 Å². The molecule has 1 heterocycles. The van der Waals surface area contributed by atoms with E-state index >= 15 is 0 Å². The Labute approximate surface area is 186 Å². The SMILES string of the molecule is COC(=O)c1c(-c2cc(C)ccc2C)csc1NC(=O)C1CC1c1ccc(OC)cc1. The second-order valence-corrected chi connectivity index (χ2v) is 8.75. The minimum Gasteiger partial charge on any atom is -0.497 e. The van der Waals surface area contributed by atoms with Crippen LogP contribution in [-0.4, -0.2) is 26.1 Å². The van der Waals surface area contributed by atoms with Crippen LogP contribution in [0.1, 0.15) is 39.4 Å². The Morgan fingerprint density at radius 3 is 2.45 bits per heavy atom. The quantitative estimate of drug-likeness (QED) is 0.514. The van der Waals surface area contributed by atoms with Gasteiger partial charge in [-0.1, -0.05) is 35.9 Å². The molecule has 1 N–H and O–H groups in total. The fourth-order valence-electron chi connectivity index (χ4n) is 3.89. The van der Waals surface area contributed by atoms with Crippen molar-refractivity contribution in [1.82, 2.24) is 0 Å². The number of nitrogens with one attached hydrogen (secondary N) is 1. The molecule has 0 radical (unpaired) electrons. The Bertz CT molecular complexity index is 1130. The molecular formula is C25H25NO4S. The van der Waals surface area contributed by atoms with E-state index in [1.807, 2.05) is 55.6 Å². The number of hydrogen-bond acceptors (Lipinski definition) is 5. The van der Waals surface area contributed by atoms with Crippen LogP contribution in [0.15, 0.2) is 47.8 Å². The fraction of sp³-hybridized carbons (Fsp3) is 0.280. The molecule has 1 fully saturated rings. The van der Waals surface area contributed by atoms with Gasteiger partial charge in [0.1, 0.15) is 16.3 Å². The molecule has 5 nitrogen and oxygen atoms in total. The van der Waals surface area contributed by atoms with Crippen LogP contribution >= 0.6 is 11.3 Å². The van der Waals surface area contributed by atoms with Crippen LogP contribution in [-0.2, 0) is 9.53 Å². The molecule has 0 saturated heterocycles. The molecule has 6 heteroatoms. The highest BCUT2D eigenvalue weighted by molar-refractivity contribution is 7.15. The first-order valence-electron chi connectivity index (χ1n) is 10.1. The van der Waals surface area contributed by atoms with Gasteiger partial charge < -0.3 is 14.8 Å². The van der Waals surface area contributed by atoms with Gasteiger partial charge in [0, 0.05) is 16.9 Å². The Morgan fingerprint density at radius 2 is 1.77 bits per heavy atom. The van der Waals surface area contributed by atoms with Gasteiger partial charge in [0.15, 0.2) is 0 Å². The number of anilines is 1. The maximum atomic E-state index is 12.9. The van der Waals surface area contributed by atoms with Crippen molar-refractivity contribution in [2.45, 2.75) is 26.2 Å². The monoisotopic (exact) mass is 435 g/mol. The van der Waals surface area contributed by atoms with Gasteiger partial charge in [0.2, 0.25) is 5.91 Å². The van der Waals surface area contributed by atoms with Gasteiger partial charge >= 0.3 is 5.97 Å². The maximum absolute atomic E-state index is 12.9. The summed E-state index contributed by atoms with van der Waals surface area (Å²) in [7, 11) is 2.99. The Kier molecular flexibility index (Phi) is 5.83. The van der Waals surface area contributed by atoms with E-state index in [0.717, 1.165) is 40.0 Å². The summed E-state index contributed by atoms with van der Waals surface area (Å²) in [5.41, 5.74) is 5.46. The summed E-state index contributed by atoms with van der Waals surface area (Å²) in [6.45, 7) is 4.03. The predicted molar refractivity (Wildman–Crippen MR) is 123 cm³/mol. The molecule has 1 amide bonds. The third-order valence-electron chi connectivity index (χ3n) is 5.77. The fourth-order valence-corrected chi connectivity index (χ4v) is 4.84. The van der Waals surface area contributed by atoms with E-state index in [0.29, 0.717) is 10.6 Å². The van der Waals surface area contributed by atoms with Crippen LogP contribution in [0.5, 0.6) is 5.75 Å². The summed E-state index contributed by atoms with van der Waals surface area (Å²) in [5, 5.41) is 5.44. The summed E-state index contributed by atoms with van der Waals surface area (Å²) < 4.78 is 10.2. The summed E-state index contributed by atoms with van der Waals surface area (Å²) in [4.78, 5) is 25.6. The first kappa shape index (κ1) is 21.1. The van der Waals surface area contributed by atoms with Crippen LogP contribution in [0.4, 0.5) is 5.00 Å². The minimum atomic E-state index is -0.449. The van der Waals surface area contributed by atoms with Crippen molar-refractivity contribution in [2.75, 3.05) is 19.5 Å². The van der Waals surface area contributed by atoms with Crippen molar-refractivity contribution >= 4 is 28.2 Å². The van der Waals surface area contributed by atoms with Crippen molar-refractivity contribution in [3.63, 3.8) is 0 Å². The second-order valence-electron chi connectivity index (χ2n) is 7.87.